The zero-order valence-electron chi connectivity index (χ0n) is 14.0. The van der Waals surface area contributed by atoms with Crippen LogP contribution in [0.25, 0.3) is 6.08 Å². The quantitative estimate of drug-likeness (QED) is 0.410. The second kappa shape index (κ2) is 9.19. The van der Waals surface area contributed by atoms with Gasteiger partial charge in [0.25, 0.3) is 5.91 Å². The van der Waals surface area contributed by atoms with Crippen molar-refractivity contribution in [2.24, 2.45) is 0 Å². The summed E-state index contributed by atoms with van der Waals surface area (Å²) in [5.41, 5.74) is 4.75. The van der Waals surface area contributed by atoms with Crippen LogP contribution in [0.3, 0.4) is 0 Å². The zero-order valence-corrected chi connectivity index (χ0v) is 14.0. The van der Waals surface area contributed by atoms with Gasteiger partial charge in [0.15, 0.2) is 11.5 Å². The van der Waals surface area contributed by atoms with Crippen molar-refractivity contribution in [3.8, 4) is 11.5 Å². The monoisotopic (exact) mass is 335 g/mol. The largest absolute Gasteiger partial charge is 0.493 e. The van der Waals surface area contributed by atoms with Gasteiger partial charge in [0.05, 0.1) is 14.2 Å². The Balaban J connectivity index is 2.64. The molecule has 3 N–H and O–H groups in total. The summed E-state index contributed by atoms with van der Waals surface area (Å²) < 4.78 is 10.4. The molecule has 1 aromatic carbocycles. The van der Waals surface area contributed by atoms with Crippen LogP contribution in [-0.2, 0) is 14.4 Å². The van der Waals surface area contributed by atoms with E-state index in [2.05, 4.69) is 10.7 Å². The Morgan fingerprint density at radius 3 is 2.33 bits per heavy atom. The Bertz CT molecular complexity index is 641. The molecule has 0 radical (unpaired) electrons. The van der Waals surface area contributed by atoms with E-state index in [1.54, 1.807) is 32.0 Å². The summed E-state index contributed by atoms with van der Waals surface area (Å²) in [4.78, 5) is 34.5. The first-order chi connectivity index (χ1) is 11.4. The predicted octanol–water partition coefficient (Wildman–Crippen LogP) is 0.389. The average molecular weight is 335 g/mol. The normalized spacial score (nSPS) is 10.4. The van der Waals surface area contributed by atoms with Gasteiger partial charge in [-0.3, -0.25) is 25.2 Å². The second-order valence-electron chi connectivity index (χ2n) is 4.99. The summed E-state index contributed by atoms with van der Waals surface area (Å²) in [6.45, 7) is 3.43. The molecular formula is C16H21N3O5. The van der Waals surface area contributed by atoms with Crippen LogP contribution in [0.5, 0.6) is 11.5 Å². The molecule has 0 saturated heterocycles. The Hall–Kier alpha value is -3.03. The molecule has 1 rings (SSSR count). The number of para-hydroxylation sites is 1. The highest BCUT2D eigenvalue weighted by atomic mass is 16.5. The van der Waals surface area contributed by atoms with Crippen molar-refractivity contribution in [3.63, 3.8) is 0 Å². The lowest BCUT2D eigenvalue weighted by molar-refractivity contribution is -0.140. The second-order valence-corrected chi connectivity index (χ2v) is 4.99. The molecule has 0 aliphatic rings. The molecule has 0 saturated carbocycles. The molecule has 0 unspecified atom stereocenters. The molecule has 24 heavy (non-hydrogen) atoms. The standard InChI is InChI=1S/C16H21N3O5/c1-10(2)17-15(21)16(22)19-18-13(20)9-8-11-6-5-7-12(23-3)14(11)24-4/h5-10H,1-4H3,(H,17,21)(H,18,20)(H,19,22)/b9-8+. The first kappa shape index (κ1) is 19.0. The van der Waals surface area contributed by atoms with Gasteiger partial charge in [-0.15, -0.1) is 0 Å². The molecule has 0 heterocycles. The smallest absolute Gasteiger partial charge is 0.327 e. The first-order valence-corrected chi connectivity index (χ1v) is 7.19. The fourth-order valence-electron chi connectivity index (χ4n) is 1.75. The molecule has 8 nitrogen and oxygen atoms in total. The fourth-order valence-corrected chi connectivity index (χ4v) is 1.75. The third-order valence-corrected chi connectivity index (χ3v) is 2.77. The van der Waals surface area contributed by atoms with Gasteiger partial charge in [0.1, 0.15) is 0 Å². The minimum atomic E-state index is -0.954. The van der Waals surface area contributed by atoms with E-state index in [1.165, 1.54) is 26.4 Å². The average Bonchev–Trinajstić information content (AvgIpc) is 2.56. The van der Waals surface area contributed by atoms with Crippen molar-refractivity contribution in [1.29, 1.82) is 0 Å². The van der Waals surface area contributed by atoms with E-state index in [9.17, 15) is 14.4 Å². The van der Waals surface area contributed by atoms with Gasteiger partial charge < -0.3 is 14.8 Å². The summed E-state index contributed by atoms with van der Waals surface area (Å²) >= 11 is 0. The maximum Gasteiger partial charge on any atom is 0.327 e. The summed E-state index contributed by atoms with van der Waals surface area (Å²) in [6, 6.07) is 5.03. The number of carbonyl (C=O) groups excluding carboxylic acids is 3. The van der Waals surface area contributed by atoms with Crippen molar-refractivity contribution in [2.75, 3.05) is 14.2 Å². The molecule has 0 aliphatic carbocycles. The molecule has 0 aliphatic heterocycles. The van der Waals surface area contributed by atoms with Gasteiger partial charge in [-0.05, 0) is 26.0 Å². The van der Waals surface area contributed by atoms with Crippen molar-refractivity contribution >= 4 is 23.8 Å². The number of hydrogen-bond donors (Lipinski definition) is 3. The molecule has 0 aromatic heterocycles. The number of hydrogen-bond acceptors (Lipinski definition) is 5. The summed E-state index contributed by atoms with van der Waals surface area (Å²) in [5, 5.41) is 2.40. The van der Waals surface area contributed by atoms with Crippen LogP contribution in [0.4, 0.5) is 0 Å². The Kier molecular flexibility index (Phi) is 7.28. The Morgan fingerprint density at radius 1 is 1.04 bits per heavy atom. The van der Waals surface area contributed by atoms with E-state index in [4.69, 9.17) is 9.47 Å². The number of benzene rings is 1. The topological polar surface area (TPSA) is 106 Å². The van der Waals surface area contributed by atoms with Gasteiger partial charge in [-0.1, -0.05) is 12.1 Å². The van der Waals surface area contributed by atoms with Crippen LogP contribution in [-0.4, -0.2) is 38.0 Å². The van der Waals surface area contributed by atoms with E-state index in [-0.39, 0.29) is 6.04 Å². The van der Waals surface area contributed by atoms with Crippen LogP contribution >= 0.6 is 0 Å². The van der Waals surface area contributed by atoms with Crippen LogP contribution in [0, 0.1) is 0 Å². The van der Waals surface area contributed by atoms with Gasteiger partial charge in [0, 0.05) is 17.7 Å². The highest BCUT2D eigenvalue weighted by Crippen LogP contribution is 2.31. The van der Waals surface area contributed by atoms with Gasteiger partial charge in [-0.2, -0.15) is 0 Å². The maximum atomic E-state index is 11.7. The predicted molar refractivity (Wildman–Crippen MR) is 88.1 cm³/mol. The molecule has 0 atom stereocenters. The number of methoxy groups -OCH3 is 2. The van der Waals surface area contributed by atoms with Crippen LogP contribution < -0.4 is 25.6 Å². The summed E-state index contributed by atoms with van der Waals surface area (Å²) in [6.07, 6.45) is 2.69. The molecule has 3 amide bonds. The number of amides is 3. The Labute approximate surface area is 140 Å². The summed E-state index contributed by atoms with van der Waals surface area (Å²) in [7, 11) is 3.00. The molecule has 0 bridgehead atoms. The van der Waals surface area contributed by atoms with E-state index in [0.29, 0.717) is 17.1 Å². The van der Waals surface area contributed by atoms with Gasteiger partial charge in [-0.25, -0.2) is 0 Å². The van der Waals surface area contributed by atoms with Gasteiger partial charge >= 0.3 is 11.8 Å². The van der Waals surface area contributed by atoms with E-state index in [0.717, 1.165) is 0 Å². The van der Waals surface area contributed by atoms with E-state index < -0.39 is 17.7 Å². The Morgan fingerprint density at radius 2 is 1.75 bits per heavy atom. The molecular weight excluding hydrogens is 314 g/mol. The highest BCUT2D eigenvalue weighted by molar-refractivity contribution is 6.35. The number of hydrazine groups is 1. The van der Waals surface area contributed by atoms with Crippen molar-refractivity contribution in [2.45, 2.75) is 19.9 Å². The van der Waals surface area contributed by atoms with Gasteiger partial charge in [0.2, 0.25) is 0 Å². The minimum Gasteiger partial charge on any atom is -0.493 e. The number of rotatable bonds is 5. The minimum absolute atomic E-state index is 0.181. The molecule has 0 spiro atoms. The third kappa shape index (κ3) is 5.64. The van der Waals surface area contributed by atoms with Crippen LogP contribution in [0.15, 0.2) is 24.3 Å². The lowest BCUT2D eigenvalue weighted by atomic mass is 10.1. The van der Waals surface area contributed by atoms with E-state index in [1.807, 2.05) is 5.43 Å². The number of nitrogens with one attached hydrogen (secondary N) is 3. The molecule has 8 heteroatoms. The van der Waals surface area contributed by atoms with Crippen LogP contribution in [0.1, 0.15) is 19.4 Å². The van der Waals surface area contributed by atoms with Crippen molar-refractivity contribution in [3.05, 3.63) is 29.8 Å². The lowest BCUT2D eigenvalue weighted by Gasteiger charge is -2.10. The molecule has 130 valence electrons. The number of carbonyl (C=O) groups is 3. The first-order valence-electron chi connectivity index (χ1n) is 7.19. The van der Waals surface area contributed by atoms with Crippen molar-refractivity contribution in [1.82, 2.24) is 16.2 Å². The SMILES string of the molecule is COc1cccc(/C=C/C(=O)NNC(=O)C(=O)NC(C)C)c1OC. The van der Waals surface area contributed by atoms with Crippen molar-refractivity contribution < 1.29 is 23.9 Å². The molecule has 1 aromatic rings. The maximum absolute atomic E-state index is 11.7. The molecule has 0 fully saturated rings. The number of ether oxygens (including phenoxy) is 2. The van der Waals surface area contributed by atoms with E-state index >= 15 is 0 Å². The highest BCUT2D eigenvalue weighted by Gasteiger charge is 2.14. The van der Waals surface area contributed by atoms with Crippen LogP contribution in [0.2, 0.25) is 0 Å². The zero-order chi connectivity index (χ0) is 18.1. The lowest BCUT2D eigenvalue weighted by Crippen LogP contribution is -2.49. The third-order valence-electron chi connectivity index (χ3n) is 2.77. The fraction of sp³-hybridized carbons (Fsp3) is 0.312. The summed E-state index contributed by atoms with van der Waals surface area (Å²) in [5.74, 6) is -1.39.